The highest BCUT2D eigenvalue weighted by Gasteiger charge is 2.27. The first-order chi connectivity index (χ1) is 14.0. The molecule has 3 aromatic rings. The lowest BCUT2D eigenvalue weighted by atomic mass is 10.0. The third kappa shape index (κ3) is 6.01. The van der Waals surface area contributed by atoms with Crippen LogP contribution in [0.2, 0.25) is 5.02 Å². The monoisotopic (exact) mass is 407 g/mol. The number of ketones is 1. The van der Waals surface area contributed by atoms with E-state index in [1.54, 1.807) is 24.3 Å². The van der Waals surface area contributed by atoms with Crippen LogP contribution in [0.25, 0.3) is 0 Å². The molecule has 0 heterocycles. The first-order valence-corrected chi connectivity index (χ1v) is 9.83. The molecule has 0 unspecified atom stereocenters. The van der Waals surface area contributed by atoms with Crippen LogP contribution in [0.4, 0.5) is 0 Å². The predicted octanol–water partition coefficient (Wildman–Crippen LogP) is 2.32. The van der Waals surface area contributed by atoms with Crippen LogP contribution < -0.4 is 10.0 Å². The molecule has 0 aromatic heterocycles. The van der Waals surface area contributed by atoms with E-state index in [9.17, 15) is 14.7 Å². The van der Waals surface area contributed by atoms with E-state index < -0.39 is 12.0 Å². The van der Waals surface area contributed by atoms with Crippen molar-refractivity contribution >= 4 is 23.4 Å². The number of carbonyl (C=O) groups is 2. The Hall–Kier alpha value is -2.95. The molecule has 0 spiro atoms. The van der Waals surface area contributed by atoms with Crippen LogP contribution in [-0.4, -0.2) is 17.8 Å². The molecular weight excluding hydrogens is 386 g/mol. The second-order valence-corrected chi connectivity index (χ2v) is 7.43. The molecule has 0 bridgehead atoms. The number of rotatable bonds is 9. The summed E-state index contributed by atoms with van der Waals surface area (Å²) >= 11 is 5.88. The lowest BCUT2D eigenvalue weighted by molar-refractivity contribution is -0.945. The Kier molecular flexibility index (Phi) is 7.17. The number of hydrogen-bond acceptors (Lipinski definition) is 3. The molecule has 29 heavy (non-hydrogen) atoms. The summed E-state index contributed by atoms with van der Waals surface area (Å²) in [5, 5.41) is 12.6. The molecule has 0 saturated heterocycles. The van der Waals surface area contributed by atoms with E-state index in [1.165, 1.54) is 0 Å². The first-order valence-electron chi connectivity index (χ1n) is 9.45. The number of Topliss-reactive ketones (excluding diaryl/α,β-unsaturated/α-hetero) is 1. The smallest absolute Gasteiger partial charge is 0.169 e. The van der Waals surface area contributed by atoms with Gasteiger partial charge in [0.05, 0.1) is 12.4 Å². The molecule has 1 atom stereocenters. The van der Waals surface area contributed by atoms with Gasteiger partial charge in [0.1, 0.15) is 19.1 Å². The maximum absolute atomic E-state index is 12.7. The zero-order valence-corrected chi connectivity index (χ0v) is 16.6. The van der Waals surface area contributed by atoms with Gasteiger partial charge in [0, 0.05) is 21.7 Å². The van der Waals surface area contributed by atoms with E-state index >= 15 is 0 Å². The Bertz CT molecular complexity index is 901. The van der Waals surface area contributed by atoms with E-state index in [0.717, 1.165) is 16.0 Å². The number of hydrogen-bond donors (Lipinski definition) is 1. The quantitative estimate of drug-likeness (QED) is 0.554. The summed E-state index contributed by atoms with van der Waals surface area (Å²) in [4.78, 5) is 25.5. The molecule has 4 nitrogen and oxygen atoms in total. The zero-order chi connectivity index (χ0) is 20.6. The van der Waals surface area contributed by atoms with Crippen molar-refractivity contribution in [3.63, 3.8) is 0 Å². The van der Waals surface area contributed by atoms with Gasteiger partial charge >= 0.3 is 0 Å². The van der Waals surface area contributed by atoms with Gasteiger partial charge in [-0.15, -0.1) is 0 Å². The number of carboxylic acids is 1. The second kappa shape index (κ2) is 10.0. The van der Waals surface area contributed by atoms with Gasteiger partial charge in [-0.1, -0.05) is 72.3 Å². The van der Waals surface area contributed by atoms with Crippen LogP contribution in [0.1, 0.15) is 27.9 Å². The number of benzene rings is 3. The number of quaternary nitrogens is 1. The van der Waals surface area contributed by atoms with Crippen molar-refractivity contribution < 1.29 is 19.6 Å². The lowest BCUT2D eigenvalue weighted by Gasteiger charge is -2.29. The van der Waals surface area contributed by atoms with Gasteiger partial charge in [0.25, 0.3) is 0 Å². The molecule has 3 aromatic carbocycles. The highest BCUT2D eigenvalue weighted by molar-refractivity contribution is 6.30. The minimum absolute atomic E-state index is 0.140. The molecule has 0 aliphatic carbocycles. The largest absolute Gasteiger partial charge is 0.544 e. The average Bonchev–Trinajstić information content (AvgIpc) is 2.73. The maximum Gasteiger partial charge on any atom is 0.169 e. The highest BCUT2D eigenvalue weighted by Crippen LogP contribution is 2.12. The minimum atomic E-state index is -1.23. The van der Waals surface area contributed by atoms with Crippen molar-refractivity contribution in [1.29, 1.82) is 0 Å². The molecule has 0 fully saturated rings. The average molecular weight is 408 g/mol. The maximum atomic E-state index is 12.7. The van der Waals surface area contributed by atoms with Crippen molar-refractivity contribution in [3.05, 3.63) is 107 Å². The molecule has 1 N–H and O–H groups in total. The summed E-state index contributed by atoms with van der Waals surface area (Å²) in [6.45, 7) is 0.949. The Balaban J connectivity index is 1.85. The number of aliphatic carboxylic acids is 1. The summed E-state index contributed by atoms with van der Waals surface area (Å²) in [6, 6.07) is 24.8. The zero-order valence-electron chi connectivity index (χ0n) is 15.9. The Morgan fingerprint density at radius 2 is 1.28 bits per heavy atom. The van der Waals surface area contributed by atoms with Crippen LogP contribution in [0.15, 0.2) is 84.9 Å². The van der Waals surface area contributed by atoms with Crippen molar-refractivity contribution in [3.8, 4) is 0 Å². The Morgan fingerprint density at radius 1 is 0.793 bits per heavy atom. The van der Waals surface area contributed by atoms with Gasteiger partial charge in [0.2, 0.25) is 0 Å². The van der Waals surface area contributed by atoms with Crippen LogP contribution in [0.3, 0.4) is 0 Å². The number of carbonyl (C=O) groups excluding carboxylic acids is 2. The van der Waals surface area contributed by atoms with E-state index in [0.29, 0.717) is 23.7 Å². The Labute approximate surface area is 175 Å². The molecule has 148 valence electrons. The van der Waals surface area contributed by atoms with Crippen LogP contribution in [-0.2, 0) is 17.9 Å². The molecule has 0 amide bonds. The molecule has 0 radical (unpaired) electrons. The highest BCUT2D eigenvalue weighted by atomic mass is 35.5. The van der Waals surface area contributed by atoms with Crippen molar-refractivity contribution in [2.24, 2.45) is 0 Å². The Morgan fingerprint density at radius 3 is 1.72 bits per heavy atom. The van der Waals surface area contributed by atoms with Crippen LogP contribution >= 0.6 is 11.6 Å². The van der Waals surface area contributed by atoms with Gasteiger partial charge in [-0.25, -0.2) is 0 Å². The minimum Gasteiger partial charge on any atom is -0.544 e. The second-order valence-electron chi connectivity index (χ2n) is 6.99. The summed E-state index contributed by atoms with van der Waals surface area (Å²) in [6.07, 6.45) is -0.140. The number of carboxylic acid groups (broad SMARTS) is 1. The van der Waals surface area contributed by atoms with E-state index in [1.807, 2.05) is 60.7 Å². The van der Waals surface area contributed by atoms with E-state index in [2.05, 4.69) is 0 Å². The third-order valence-corrected chi connectivity index (χ3v) is 5.13. The fourth-order valence-corrected chi connectivity index (χ4v) is 3.48. The van der Waals surface area contributed by atoms with Gasteiger partial charge in [-0.3, -0.25) is 4.79 Å². The van der Waals surface area contributed by atoms with Gasteiger partial charge < -0.3 is 14.8 Å². The van der Waals surface area contributed by atoms with Crippen LogP contribution in [0, 0.1) is 0 Å². The number of nitrogens with one attached hydrogen (secondary N) is 1. The predicted molar refractivity (Wildman–Crippen MR) is 110 cm³/mol. The summed E-state index contributed by atoms with van der Waals surface area (Å²) in [7, 11) is 0. The van der Waals surface area contributed by atoms with Crippen molar-refractivity contribution in [2.45, 2.75) is 25.6 Å². The third-order valence-electron chi connectivity index (χ3n) is 4.88. The van der Waals surface area contributed by atoms with Crippen molar-refractivity contribution in [1.82, 2.24) is 0 Å². The first kappa shape index (κ1) is 20.8. The van der Waals surface area contributed by atoms with Gasteiger partial charge in [-0.2, -0.15) is 0 Å². The topological polar surface area (TPSA) is 61.6 Å². The van der Waals surface area contributed by atoms with Crippen molar-refractivity contribution in [2.75, 3.05) is 0 Å². The summed E-state index contributed by atoms with van der Waals surface area (Å²) in [5.41, 5.74) is 2.45. The molecular formula is C24H22ClNO3. The SMILES string of the molecule is O=C(C[C@@H](C(=O)[O-])[NH+](Cc1ccccc1)Cc1ccccc1)c1ccc(Cl)cc1. The van der Waals surface area contributed by atoms with Crippen LogP contribution in [0.5, 0.6) is 0 Å². The molecule has 5 heteroatoms. The van der Waals surface area contributed by atoms with E-state index in [-0.39, 0.29) is 12.2 Å². The standard InChI is InChI=1S/C24H22ClNO3/c25-21-13-11-20(12-14-21)23(27)15-22(24(28)29)26(16-18-7-3-1-4-8-18)17-19-9-5-2-6-10-19/h1-14,22H,15-17H2,(H,28,29)/t22-/m0/s1. The molecule has 0 saturated carbocycles. The number of halogens is 1. The molecule has 0 aliphatic heterocycles. The molecule has 0 aliphatic rings. The summed E-state index contributed by atoms with van der Waals surface area (Å²) in [5.74, 6) is -1.47. The molecule has 3 rings (SSSR count). The van der Waals surface area contributed by atoms with E-state index in [4.69, 9.17) is 11.6 Å². The normalized spacial score (nSPS) is 11.9. The summed E-state index contributed by atoms with van der Waals surface area (Å²) < 4.78 is 0. The fraction of sp³-hybridized carbons (Fsp3) is 0.167. The van der Waals surface area contributed by atoms with Gasteiger partial charge in [-0.05, 0) is 24.3 Å². The fourth-order valence-electron chi connectivity index (χ4n) is 3.36. The van der Waals surface area contributed by atoms with Gasteiger partial charge in [0.15, 0.2) is 5.78 Å². The lowest BCUT2D eigenvalue weighted by Crippen LogP contribution is -3.15.